The van der Waals surface area contributed by atoms with Gasteiger partial charge in [-0.25, -0.2) is 9.59 Å². The summed E-state index contributed by atoms with van der Waals surface area (Å²) in [6, 6.07) is 29.7. The minimum Gasteiger partial charge on any atom is -0.488 e. The van der Waals surface area contributed by atoms with Crippen LogP contribution in [0.25, 0.3) is 0 Å². The summed E-state index contributed by atoms with van der Waals surface area (Å²) in [6.45, 7) is -0.605. The minimum absolute atomic E-state index is 0.116. The number of carbonyl (C=O) groups excluding carboxylic acids is 4. The van der Waals surface area contributed by atoms with Crippen molar-refractivity contribution in [1.82, 2.24) is 0 Å². The Kier molecular flexibility index (Phi) is 18.4. The van der Waals surface area contributed by atoms with Crippen LogP contribution in [0.2, 0.25) is 0 Å². The van der Waals surface area contributed by atoms with Crippen molar-refractivity contribution < 1.29 is 53.1 Å². The zero-order chi connectivity index (χ0) is 45.0. The molecule has 342 valence electrons. The fourth-order valence-corrected chi connectivity index (χ4v) is 8.62. The predicted octanol–water partition coefficient (Wildman–Crippen LogP) is 10.4. The van der Waals surface area contributed by atoms with Crippen LogP contribution in [0.5, 0.6) is 11.5 Å². The maximum absolute atomic E-state index is 13.0. The molecule has 11 nitrogen and oxygen atoms in total. The van der Waals surface area contributed by atoms with E-state index in [9.17, 15) is 29.4 Å². The van der Waals surface area contributed by atoms with Crippen molar-refractivity contribution in [1.29, 1.82) is 0 Å². The van der Waals surface area contributed by atoms with Gasteiger partial charge in [0.1, 0.15) is 48.2 Å². The first-order valence-electron chi connectivity index (χ1n) is 23.2. The number of esters is 3. The standard InChI is InChI=1S/C53H64O11/c54-37-52(43-28-21-30-45(48(43)50(58)63-52)60-35-40-23-15-13-16-24-40)34-33-42(56)27-19-11-9-7-5-3-1-2-4-6-8-10-12-20-32-47(57)62-39-53(38-55)44-29-22-31-46(49(44)51(59)64-53)61-36-41-25-17-14-18-26-41/h13-18,21-26,28-31,54-55H,1-12,19-20,27,32-39H2/t52-,53+/m0/s1. The number of aliphatic hydroxyl groups is 2. The van der Waals surface area contributed by atoms with Gasteiger partial charge in [0, 0.05) is 36.8 Å². The Labute approximate surface area is 377 Å². The van der Waals surface area contributed by atoms with E-state index in [0.717, 1.165) is 62.5 Å². The van der Waals surface area contributed by atoms with E-state index >= 15 is 0 Å². The van der Waals surface area contributed by atoms with Crippen molar-refractivity contribution in [2.75, 3.05) is 19.8 Å². The number of rotatable bonds is 30. The molecule has 2 heterocycles. The first kappa shape index (κ1) is 47.9. The second kappa shape index (κ2) is 24.5. The molecule has 2 aliphatic rings. The number of ether oxygens (including phenoxy) is 5. The van der Waals surface area contributed by atoms with E-state index in [4.69, 9.17) is 23.7 Å². The summed E-state index contributed by atoms with van der Waals surface area (Å²) in [5.74, 6) is -0.638. The molecule has 0 saturated carbocycles. The molecule has 0 saturated heterocycles. The third kappa shape index (κ3) is 13.0. The van der Waals surface area contributed by atoms with E-state index in [2.05, 4.69) is 0 Å². The summed E-state index contributed by atoms with van der Waals surface area (Å²) < 4.78 is 28.8. The predicted molar refractivity (Wildman–Crippen MR) is 242 cm³/mol. The molecule has 0 radical (unpaired) electrons. The van der Waals surface area contributed by atoms with E-state index in [1.165, 1.54) is 38.5 Å². The number of hydrogen-bond donors (Lipinski definition) is 2. The molecule has 0 aromatic heterocycles. The second-order valence-corrected chi connectivity index (χ2v) is 17.1. The normalized spacial score (nSPS) is 17.3. The van der Waals surface area contributed by atoms with E-state index < -0.39 is 36.4 Å². The molecule has 0 unspecified atom stereocenters. The number of cyclic esters (lactones) is 2. The van der Waals surface area contributed by atoms with Gasteiger partial charge in [0.05, 0.1) is 13.2 Å². The number of hydrogen-bond acceptors (Lipinski definition) is 11. The SMILES string of the molecule is O=C(CCCCCCCCCCCCCCCCC(=O)OC[C@@]1(CO)OC(=O)c2c(OCc3ccccc3)cccc21)CC[C@@]1(CO)OC(=O)c2c(OCc3ccccc3)cccc21. The van der Waals surface area contributed by atoms with Gasteiger partial charge in [-0.3, -0.25) is 9.59 Å². The molecular formula is C53H64O11. The second-order valence-electron chi connectivity index (χ2n) is 17.1. The van der Waals surface area contributed by atoms with Gasteiger partial charge in [0.15, 0.2) is 11.2 Å². The molecule has 2 atom stereocenters. The summed E-state index contributed by atoms with van der Waals surface area (Å²) in [6.07, 6.45) is 16.4. The quantitative estimate of drug-likeness (QED) is 0.0292. The highest BCUT2D eigenvalue weighted by Crippen LogP contribution is 2.44. The zero-order valence-corrected chi connectivity index (χ0v) is 37.1. The fourth-order valence-electron chi connectivity index (χ4n) is 8.62. The van der Waals surface area contributed by atoms with Gasteiger partial charge in [-0.15, -0.1) is 0 Å². The lowest BCUT2D eigenvalue weighted by molar-refractivity contribution is -0.154. The number of carbonyl (C=O) groups is 4. The maximum atomic E-state index is 13.0. The van der Waals surface area contributed by atoms with E-state index in [-0.39, 0.29) is 49.8 Å². The van der Waals surface area contributed by atoms with Crippen LogP contribution < -0.4 is 9.47 Å². The lowest BCUT2D eigenvalue weighted by Crippen LogP contribution is -2.37. The highest BCUT2D eigenvalue weighted by atomic mass is 16.6. The third-order valence-electron chi connectivity index (χ3n) is 12.4. The Morgan fingerprint density at radius 3 is 1.38 bits per heavy atom. The molecule has 0 bridgehead atoms. The first-order chi connectivity index (χ1) is 31.3. The molecule has 64 heavy (non-hydrogen) atoms. The van der Waals surface area contributed by atoms with Crippen LogP contribution >= 0.6 is 0 Å². The highest BCUT2D eigenvalue weighted by Gasteiger charge is 2.49. The first-order valence-corrected chi connectivity index (χ1v) is 23.2. The van der Waals surface area contributed by atoms with Crippen molar-refractivity contribution in [2.45, 2.75) is 140 Å². The Morgan fingerprint density at radius 1 is 0.484 bits per heavy atom. The number of benzene rings is 4. The van der Waals surface area contributed by atoms with Gasteiger partial charge >= 0.3 is 17.9 Å². The molecule has 0 aliphatic carbocycles. The van der Waals surface area contributed by atoms with Gasteiger partial charge in [0.25, 0.3) is 0 Å². The molecular weight excluding hydrogens is 813 g/mol. The monoisotopic (exact) mass is 876 g/mol. The molecule has 6 rings (SSSR count). The highest BCUT2D eigenvalue weighted by molar-refractivity contribution is 5.98. The van der Waals surface area contributed by atoms with Crippen LogP contribution in [0.1, 0.15) is 159 Å². The van der Waals surface area contributed by atoms with Crippen molar-refractivity contribution >= 4 is 23.7 Å². The van der Waals surface area contributed by atoms with Crippen LogP contribution in [-0.2, 0) is 48.2 Å². The van der Waals surface area contributed by atoms with Gasteiger partial charge in [-0.1, -0.05) is 162 Å². The fraction of sp³-hybridized carbons (Fsp3) is 0.472. The van der Waals surface area contributed by atoms with Crippen LogP contribution in [0, 0.1) is 0 Å². The summed E-state index contributed by atoms with van der Waals surface area (Å²) in [5, 5.41) is 20.7. The van der Waals surface area contributed by atoms with Gasteiger partial charge in [-0.05, 0) is 36.1 Å². The summed E-state index contributed by atoms with van der Waals surface area (Å²) in [4.78, 5) is 51.3. The molecule has 2 N–H and O–H groups in total. The minimum atomic E-state index is -1.46. The Bertz CT molecular complexity index is 1970. The third-order valence-corrected chi connectivity index (χ3v) is 12.4. The summed E-state index contributed by atoms with van der Waals surface area (Å²) in [7, 11) is 0. The molecule has 11 heteroatoms. The average molecular weight is 877 g/mol. The van der Waals surface area contributed by atoms with Crippen molar-refractivity contribution in [2.24, 2.45) is 0 Å². The van der Waals surface area contributed by atoms with Crippen molar-refractivity contribution in [3.05, 3.63) is 130 Å². The zero-order valence-electron chi connectivity index (χ0n) is 37.1. The van der Waals surface area contributed by atoms with Gasteiger partial charge in [0.2, 0.25) is 0 Å². The number of aliphatic hydroxyl groups excluding tert-OH is 2. The van der Waals surface area contributed by atoms with E-state index in [1.54, 1.807) is 36.4 Å². The smallest absolute Gasteiger partial charge is 0.343 e. The summed E-state index contributed by atoms with van der Waals surface area (Å²) in [5.41, 5.74) is 0.827. The average Bonchev–Trinajstić information content (AvgIpc) is 3.79. The van der Waals surface area contributed by atoms with Crippen LogP contribution in [0.4, 0.5) is 0 Å². The molecule has 0 fully saturated rings. The lowest BCUT2D eigenvalue weighted by Gasteiger charge is -2.26. The summed E-state index contributed by atoms with van der Waals surface area (Å²) >= 11 is 0. The van der Waals surface area contributed by atoms with Gasteiger partial charge < -0.3 is 33.9 Å². The molecule has 4 aromatic rings. The number of fused-ring (bicyclic) bond motifs is 2. The maximum Gasteiger partial charge on any atom is 0.343 e. The lowest BCUT2D eigenvalue weighted by atomic mass is 9.87. The molecule has 0 amide bonds. The Morgan fingerprint density at radius 2 is 0.906 bits per heavy atom. The number of unbranched alkanes of at least 4 members (excludes halogenated alkanes) is 13. The van der Waals surface area contributed by atoms with Crippen LogP contribution in [-0.4, -0.2) is 53.7 Å². The van der Waals surface area contributed by atoms with Crippen molar-refractivity contribution in [3.63, 3.8) is 0 Å². The molecule has 4 aromatic carbocycles. The number of ketones is 1. The van der Waals surface area contributed by atoms with Crippen LogP contribution in [0.15, 0.2) is 97.1 Å². The Balaban J connectivity index is 0.750. The largest absolute Gasteiger partial charge is 0.488 e. The topological polar surface area (TPSA) is 155 Å². The molecule has 0 spiro atoms. The Hall–Kier alpha value is -5.52. The van der Waals surface area contributed by atoms with Crippen molar-refractivity contribution in [3.8, 4) is 11.5 Å². The van der Waals surface area contributed by atoms with Gasteiger partial charge in [-0.2, -0.15) is 0 Å². The number of Topliss-reactive ketones (excluding diaryl/α,β-unsaturated/α-hetero) is 1. The molecule has 2 aliphatic heterocycles. The van der Waals surface area contributed by atoms with E-state index in [1.807, 2.05) is 60.7 Å². The van der Waals surface area contributed by atoms with E-state index in [0.29, 0.717) is 41.2 Å². The van der Waals surface area contributed by atoms with Crippen LogP contribution in [0.3, 0.4) is 0 Å².